The van der Waals surface area contributed by atoms with Gasteiger partial charge in [-0.3, -0.25) is 0 Å². The van der Waals surface area contributed by atoms with Gasteiger partial charge in [0.05, 0.1) is 41.8 Å². The Bertz CT molecular complexity index is 1340. The van der Waals surface area contributed by atoms with Gasteiger partial charge < -0.3 is 10.6 Å². The number of hydrazone groups is 1. The Hall–Kier alpha value is -4.91. The van der Waals surface area contributed by atoms with Gasteiger partial charge in [0, 0.05) is 25.7 Å². The first-order valence-electron chi connectivity index (χ1n) is 10.00. The summed E-state index contributed by atoms with van der Waals surface area (Å²) in [4.78, 5) is 20.5. The average Bonchev–Trinajstić information content (AvgIpc) is 3.52. The number of carbonyl (C=O) groups is 1. The molecule has 0 fully saturated rings. The van der Waals surface area contributed by atoms with Gasteiger partial charge in [0.1, 0.15) is 11.9 Å². The third kappa shape index (κ3) is 4.78. The van der Waals surface area contributed by atoms with Crippen molar-refractivity contribution < 1.29 is 13.6 Å². The zero-order valence-electron chi connectivity index (χ0n) is 17.5. The van der Waals surface area contributed by atoms with Crippen molar-refractivity contribution in [2.45, 2.75) is 12.5 Å². The number of urea groups is 1. The van der Waals surface area contributed by atoms with Crippen molar-refractivity contribution in [2.75, 3.05) is 18.4 Å². The van der Waals surface area contributed by atoms with Crippen molar-refractivity contribution in [3.05, 3.63) is 65.1 Å². The summed E-state index contributed by atoms with van der Waals surface area (Å²) in [6, 6.07) is 6.65. The lowest BCUT2D eigenvalue weighted by molar-refractivity contribution is 0.186. The SMILES string of the molecule is N#Cc1cc(F)cc([C@@H]2CC=NN2C(=O)NCCNc2ncc(F)c(-n3cc(C#N)cn3)n2)c1. The summed E-state index contributed by atoms with van der Waals surface area (Å²) in [5.41, 5.74) is 0.872. The van der Waals surface area contributed by atoms with Crippen LogP contribution in [-0.2, 0) is 0 Å². The molecule has 34 heavy (non-hydrogen) atoms. The van der Waals surface area contributed by atoms with Crippen LogP contribution in [0, 0.1) is 34.3 Å². The Morgan fingerprint density at radius 3 is 2.74 bits per heavy atom. The van der Waals surface area contributed by atoms with Gasteiger partial charge in [-0.1, -0.05) is 0 Å². The van der Waals surface area contributed by atoms with Gasteiger partial charge in [0.15, 0.2) is 11.6 Å². The number of anilines is 1. The summed E-state index contributed by atoms with van der Waals surface area (Å²) in [5, 5.41) is 32.6. The second kappa shape index (κ2) is 9.70. The van der Waals surface area contributed by atoms with E-state index in [1.165, 1.54) is 29.5 Å². The van der Waals surface area contributed by atoms with E-state index in [0.29, 0.717) is 12.0 Å². The molecule has 2 aromatic heterocycles. The number of amides is 2. The fourth-order valence-electron chi connectivity index (χ4n) is 3.28. The maximum atomic E-state index is 14.1. The molecule has 1 aliphatic heterocycles. The first-order chi connectivity index (χ1) is 16.5. The van der Waals surface area contributed by atoms with Crippen LogP contribution in [0.25, 0.3) is 5.82 Å². The number of carbonyl (C=O) groups excluding carboxylic acids is 1. The van der Waals surface area contributed by atoms with Crippen LogP contribution < -0.4 is 10.6 Å². The van der Waals surface area contributed by atoms with Gasteiger partial charge in [-0.2, -0.15) is 25.7 Å². The number of hydrogen-bond acceptors (Lipinski definition) is 8. The predicted octanol–water partition coefficient (Wildman–Crippen LogP) is 2.24. The number of benzene rings is 1. The molecule has 13 heteroatoms. The number of nitrogens with one attached hydrogen (secondary N) is 2. The van der Waals surface area contributed by atoms with Crippen molar-refractivity contribution in [1.82, 2.24) is 30.1 Å². The number of rotatable bonds is 6. The lowest BCUT2D eigenvalue weighted by Crippen LogP contribution is -2.39. The largest absolute Gasteiger partial charge is 0.352 e. The Labute approximate surface area is 192 Å². The lowest BCUT2D eigenvalue weighted by Gasteiger charge is -2.22. The summed E-state index contributed by atoms with van der Waals surface area (Å²) >= 11 is 0. The fourth-order valence-corrected chi connectivity index (χ4v) is 3.28. The van der Waals surface area contributed by atoms with Crippen molar-refractivity contribution >= 4 is 18.2 Å². The Balaban J connectivity index is 1.34. The molecule has 2 N–H and O–H groups in total. The van der Waals surface area contributed by atoms with E-state index >= 15 is 0 Å². The third-order valence-corrected chi connectivity index (χ3v) is 4.81. The molecule has 0 unspecified atom stereocenters. The minimum atomic E-state index is -0.721. The summed E-state index contributed by atoms with van der Waals surface area (Å²) in [6.07, 6.45) is 5.51. The normalized spacial score (nSPS) is 14.5. The van der Waals surface area contributed by atoms with Crippen molar-refractivity contribution in [3.63, 3.8) is 0 Å². The summed E-state index contributed by atoms with van der Waals surface area (Å²) in [7, 11) is 0. The maximum Gasteiger partial charge on any atom is 0.338 e. The smallest absolute Gasteiger partial charge is 0.338 e. The summed E-state index contributed by atoms with van der Waals surface area (Å²) < 4.78 is 29.0. The standard InChI is InChI=1S/C21H16F2N10O/c22-16-6-13(8-24)5-15(7-16)18-1-2-29-33(18)21(34)27-4-3-26-20-28-11-17(23)19(31-20)32-12-14(9-25)10-30-32/h2,5-7,10-12,18H,1,3-4H2,(H,27,34)(H,26,28,31)/t18-/m0/s1. The third-order valence-electron chi connectivity index (χ3n) is 4.81. The molecular weight excluding hydrogens is 446 g/mol. The highest BCUT2D eigenvalue weighted by Crippen LogP contribution is 2.29. The van der Waals surface area contributed by atoms with Gasteiger partial charge in [0.25, 0.3) is 0 Å². The van der Waals surface area contributed by atoms with E-state index in [-0.39, 0.29) is 36.0 Å². The molecule has 0 bridgehead atoms. The molecule has 4 rings (SSSR count). The molecule has 0 saturated heterocycles. The van der Waals surface area contributed by atoms with E-state index in [1.54, 1.807) is 6.21 Å². The summed E-state index contributed by atoms with van der Waals surface area (Å²) in [6.45, 7) is 0.362. The van der Waals surface area contributed by atoms with Crippen molar-refractivity contribution in [2.24, 2.45) is 5.10 Å². The molecule has 0 saturated carbocycles. The molecular formula is C21H16F2N10O. The van der Waals surface area contributed by atoms with E-state index in [9.17, 15) is 13.6 Å². The van der Waals surface area contributed by atoms with Gasteiger partial charge in [0.2, 0.25) is 5.95 Å². The molecule has 0 radical (unpaired) electrons. The van der Waals surface area contributed by atoms with Crippen molar-refractivity contribution in [3.8, 4) is 18.0 Å². The number of halogens is 2. The molecule has 3 heterocycles. The van der Waals surface area contributed by atoms with Crippen LogP contribution in [0.3, 0.4) is 0 Å². The van der Waals surface area contributed by atoms with Crippen LogP contribution in [0.4, 0.5) is 19.5 Å². The van der Waals surface area contributed by atoms with E-state index in [1.807, 2.05) is 12.1 Å². The van der Waals surface area contributed by atoms with Crippen LogP contribution >= 0.6 is 0 Å². The van der Waals surface area contributed by atoms with Gasteiger partial charge >= 0.3 is 6.03 Å². The minimum Gasteiger partial charge on any atom is -0.352 e. The van der Waals surface area contributed by atoms with E-state index in [0.717, 1.165) is 16.9 Å². The van der Waals surface area contributed by atoms with Gasteiger partial charge in [-0.25, -0.2) is 28.3 Å². The second-order valence-electron chi connectivity index (χ2n) is 7.09. The number of nitrogens with zero attached hydrogens (tertiary/aromatic N) is 8. The van der Waals surface area contributed by atoms with E-state index in [2.05, 4.69) is 30.8 Å². The number of aromatic nitrogens is 4. The number of hydrogen-bond donors (Lipinski definition) is 2. The van der Waals surface area contributed by atoms with Crippen LogP contribution in [0.2, 0.25) is 0 Å². The molecule has 0 spiro atoms. The van der Waals surface area contributed by atoms with Crippen molar-refractivity contribution in [1.29, 1.82) is 10.5 Å². The minimum absolute atomic E-state index is 0.0977. The maximum absolute atomic E-state index is 14.1. The van der Waals surface area contributed by atoms with E-state index < -0.39 is 23.7 Å². The molecule has 1 aromatic carbocycles. The molecule has 1 aliphatic rings. The first kappa shape index (κ1) is 22.3. The molecule has 0 aliphatic carbocycles. The molecule has 2 amide bonds. The van der Waals surface area contributed by atoms with Gasteiger partial charge in [-0.15, -0.1) is 0 Å². The van der Waals surface area contributed by atoms with Crippen LogP contribution in [0.1, 0.15) is 29.2 Å². The Morgan fingerprint density at radius 1 is 1.15 bits per heavy atom. The lowest BCUT2D eigenvalue weighted by atomic mass is 10.0. The van der Waals surface area contributed by atoms with Crippen LogP contribution in [0.5, 0.6) is 0 Å². The molecule has 170 valence electrons. The van der Waals surface area contributed by atoms with Crippen LogP contribution in [-0.4, -0.2) is 50.1 Å². The first-order valence-corrected chi connectivity index (χ1v) is 10.00. The topological polar surface area (TPSA) is 148 Å². The molecule has 11 nitrogen and oxygen atoms in total. The zero-order valence-corrected chi connectivity index (χ0v) is 17.5. The fraction of sp³-hybridized carbons (Fsp3) is 0.190. The highest BCUT2D eigenvalue weighted by atomic mass is 19.1. The monoisotopic (exact) mass is 462 g/mol. The van der Waals surface area contributed by atoms with Crippen LogP contribution in [0.15, 0.2) is 41.9 Å². The quantitative estimate of drug-likeness (QED) is 0.534. The zero-order chi connectivity index (χ0) is 24.1. The Kier molecular flexibility index (Phi) is 6.36. The second-order valence-corrected chi connectivity index (χ2v) is 7.09. The number of nitriles is 2. The molecule has 3 aromatic rings. The predicted molar refractivity (Wildman–Crippen MR) is 115 cm³/mol. The summed E-state index contributed by atoms with van der Waals surface area (Å²) in [5.74, 6) is -1.32. The van der Waals surface area contributed by atoms with Gasteiger partial charge in [-0.05, 0) is 23.8 Å². The highest BCUT2D eigenvalue weighted by Gasteiger charge is 2.28. The van der Waals surface area contributed by atoms with E-state index in [4.69, 9.17) is 10.5 Å². The molecule has 1 atom stereocenters. The average molecular weight is 462 g/mol. The highest BCUT2D eigenvalue weighted by molar-refractivity contribution is 5.78. The Morgan fingerprint density at radius 2 is 1.97 bits per heavy atom.